The Labute approximate surface area is 214 Å². The average molecular weight is 515 g/mol. The SMILES string of the molecule is COc1ccc(C(F)(F)F)cc1[C@@H]1CO[C@]2(CC[C@H](COCc3ccccc3)[C@H]2c2ccc(F)cc2)C1. The minimum Gasteiger partial charge on any atom is -0.496 e. The molecule has 3 aromatic carbocycles. The predicted octanol–water partition coefficient (Wildman–Crippen LogP) is 7.51. The zero-order chi connectivity index (χ0) is 26.0. The van der Waals surface area contributed by atoms with Crippen molar-refractivity contribution in [2.24, 2.45) is 5.92 Å². The molecule has 196 valence electrons. The lowest BCUT2D eigenvalue weighted by atomic mass is 9.76. The van der Waals surface area contributed by atoms with E-state index >= 15 is 0 Å². The summed E-state index contributed by atoms with van der Waals surface area (Å²) in [5.74, 6) is -0.0597. The van der Waals surface area contributed by atoms with E-state index in [0.717, 1.165) is 30.0 Å². The molecule has 1 saturated heterocycles. The number of rotatable bonds is 7. The standard InChI is InChI=1S/C30H30F4O3/c1-35-27-12-9-24(30(32,33)34)15-26(27)23-16-29(37-19-23)14-13-22(18-36-17-20-5-3-2-4-6-20)28(29)21-7-10-25(31)11-8-21/h2-12,15,22-23,28H,13-14,16-19H2,1H3/t22-,23+,28-,29-/m1/s1. The number of alkyl halides is 3. The molecule has 0 radical (unpaired) electrons. The molecule has 1 spiro atoms. The summed E-state index contributed by atoms with van der Waals surface area (Å²) in [6, 6.07) is 20.0. The van der Waals surface area contributed by atoms with E-state index in [1.807, 2.05) is 30.3 Å². The first-order valence-corrected chi connectivity index (χ1v) is 12.6. The first kappa shape index (κ1) is 25.7. The van der Waals surface area contributed by atoms with Gasteiger partial charge in [0.2, 0.25) is 0 Å². The summed E-state index contributed by atoms with van der Waals surface area (Å²) in [6.07, 6.45) is -2.28. The van der Waals surface area contributed by atoms with Gasteiger partial charge in [-0.25, -0.2) is 4.39 Å². The highest BCUT2D eigenvalue weighted by Gasteiger charge is 2.54. The largest absolute Gasteiger partial charge is 0.496 e. The number of halogens is 4. The molecule has 7 heteroatoms. The van der Waals surface area contributed by atoms with Crippen LogP contribution in [0.1, 0.15) is 53.4 Å². The van der Waals surface area contributed by atoms with E-state index in [4.69, 9.17) is 14.2 Å². The monoisotopic (exact) mass is 514 g/mol. The van der Waals surface area contributed by atoms with Crippen molar-refractivity contribution in [2.45, 2.75) is 49.5 Å². The maximum Gasteiger partial charge on any atom is 0.416 e. The van der Waals surface area contributed by atoms with Gasteiger partial charge in [0.15, 0.2) is 0 Å². The summed E-state index contributed by atoms with van der Waals surface area (Å²) >= 11 is 0. The Morgan fingerprint density at radius 2 is 1.76 bits per heavy atom. The maximum atomic E-state index is 13.8. The molecule has 1 saturated carbocycles. The quantitative estimate of drug-likeness (QED) is 0.306. The van der Waals surface area contributed by atoms with E-state index in [0.29, 0.717) is 37.6 Å². The molecule has 0 aromatic heterocycles. The number of hydrogen-bond acceptors (Lipinski definition) is 3. The van der Waals surface area contributed by atoms with Gasteiger partial charge in [0, 0.05) is 17.4 Å². The smallest absolute Gasteiger partial charge is 0.416 e. The Hall–Kier alpha value is -2.90. The molecule has 0 amide bonds. The van der Waals surface area contributed by atoms with Crippen LogP contribution < -0.4 is 4.74 Å². The van der Waals surface area contributed by atoms with Gasteiger partial charge in [-0.1, -0.05) is 42.5 Å². The first-order valence-electron chi connectivity index (χ1n) is 12.6. The Morgan fingerprint density at radius 3 is 2.46 bits per heavy atom. The summed E-state index contributed by atoms with van der Waals surface area (Å²) in [4.78, 5) is 0. The first-order chi connectivity index (χ1) is 17.8. The molecule has 3 aromatic rings. The van der Waals surface area contributed by atoms with Crippen LogP contribution in [0.5, 0.6) is 5.75 Å². The Morgan fingerprint density at radius 1 is 1.00 bits per heavy atom. The van der Waals surface area contributed by atoms with Crippen LogP contribution in [0, 0.1) is 11.7 Å². The topological polar surface area (TPSA) is 27.7 Å². The fourth-order valence-electron chi connectivity index (χ4n) is 6.13. The third-order valence-corrected chi connectivity index (χ3v) is 7.81. The molecule has 0 N–H and O–H groups in total. The van der Waals surface area contributed by atoms with Gasteiger partial charge >= 0.3 is 6.18 Å². The Kier molecular flexibility index (Phi) is 7.28. The number of methoxy groups -OCH3 is 1. The normalized spacial score (nSPS) is 25.6. The molecule has 2 fully saturated rings. The molecule has 3 nitrogen and oxygen atoms in total. The number of ether oxygens (including phenoxy) is 3. The highest BCUT2D eigenvalue weighted by Crippen LogP contribution is 2.57. The lowest BCUT2D eigenvalue weighted by molar-refractivity contribution is -0.137. The summed E-state index contributed by atoms with van der Waals surface area (Å²) in [5.41, 5.74) is 1.29. The van der Waals surface area contributed by atoms with Crippen LogP contribution >= 0.6 is 0 Å². The molecule has 1 heterocycles. The fourth-order valence-corrected chi connectivity index (χ4v) is 6.13. The lowest BCUT2D eigenvalue weighted by Crippen LogP contribution is -2.34. The Bertz CT molecular complexity index is 1200. The molecule has 4 atom stereocenters. The number of benzene rings is 3. The van der Waals surface area contributed by atoms with Crippen molar-refractivity contribution in [2.75, 3.05) is 20.3 Å². The van der Waals surface area contributed by atoms with E-state index in [-0.39, 0.29) is 23.6 Å². The van der Waals surface area contributed by atoms with Gasteiger partial charge in [0.25, 0.3) is 0 Å². The van der Waals surface area contributed by atoms with Gasteiger partial charge in [0.1, 0.15) is 11.6 Å². The second-order valence-corrected chi connectivity index (χ2v) is 10.1. The molecular formula is C30H30F4O3. The zero-order valence-corrected chi connectivity index (χ0v) is 20.6. The van der Waals surface area contributed by atoms with Crippen molar-refractivity contribution in [3.63, 3.8) is 0 Å². The maximum absolute atomic E-state index is 13.8. The van der Waals surface area contributed by atoms with Gasteiger partial charge in [-0.3, -0.25) is 0 Å². The summed E-state index contributed by atoms with van der Waals surface area (Å²) in [5, 5.41) is 0. The molecule has 37 heavy (non-hydrogen) atoms. The van der Waals surface area contributed by atoms with Crippen LogP contribution in [-0.2, 0) is 22.3 Å². The van der Waals surface area contributed by atoms with Crippen molar-refractivity contribution in [3.05, 3.63) is 101 Å². The van der Waals surface area contributed by atoms with Crippen molar-refractivity contribution < 1.29 is 31.8 Å². The van der Waals surface area contributed by atoms with E-state index in [2.05, 4.69) is 0 Å². The highest BCUT2D eigenvalue weighted by molar-refractivity contribution is 5.42. The van der Waals surface area contributed by atoms with Gasteiger partial charge in [0.05, 0.1) is 38.1 Å². The highest BCUT2D eigenvalue weighted by atomic mass is 19.4. The van der Waals surface area contributed by atoms with Crippen LogP contribution in [0.2, 0.25) is 0 Å². The van der Waals surface area contributed by atoms with Crippen molar-refractivity contribution >= 4 is 0 Å². The van der Waals surface area contributed by atoms with Crippen molar-refractivity contribution in [1.82, 2.24) is 0 Å². The zero-order valence-electron chi connectivity index (χ0n) is 20.6. The van der Waals surface area contributed by atoms with Crippen LogP contribution in [0.25, 0.3) is 0 Å². The van der Waals surface area contributed by atoms with E-state index < -0.39 is 17.3 Å². The van der Waals surface area contributed by atoms with Crippen LogP contribution in [-0.4, -0.2) is 25.9 Å². The third kappa shape index (κ3) is 5.39. The molecule has 0 unspecified atom stereocenters. The third-order valence-electron chi connectivity index (χ3n) is 7.81. The second kappa shape index (κ2) is 10.5. The molecule has 0 bridgehead atoms. The molecule has 2 aliphatic rings. The summed E-state index contributed by atoms with van der Waals surface area (Å²) < 4.78 is 72.2. The number of hydrogen-bond donors (Lipinski definition) is 0. The van der Waals surface area contributed by atoms with E-state index in [1.165, 1.54) is 31.4 Å². The molecular weight excluding hydrogens is 484 g/mol. The van der Waals surface area contributed by atoms with Crippen molar-refractivity contribution in [1.29, 1.82) is 0 Å². The van der Waals surface area contributed by atoms with Crippen LogP contribution in [0.4, 0.5) is 17.6 Å². The summed E-state index contributed by atoms with van der Waals surface area (Å²) in [6.45, 7) is 1.30. The van der Waals surface area contributed by atoms with Crippen LogP contribution in [0.3, 0.4) is 0 Å². The van der Waals surface area contributed by atoms with E-state index in [9.17, 15) is 17.6 Å². The fraction of sp³-hybridized carbons (Fsp3) is 0.400. The molecule has 1 aliphatic heterocycles. The lowest BCUT2D eigenvalue weighted by Gasteiger charge is -2.34. The van der Waals surface area contributed by atoms with Gasteiger partial charge in [-0.15, -0.1) is 0 Å². The second-order valence-electron chi connectivity index (χ2n) is 10.1. The van der Waals surface area contributed by atoms with Gasteiger partial charge in [-0.05, 0) is 66.6 Å². The Balaban J connectivity index is 1.40. The minimum absolute atomic E-state index is 0.0642. The average Bonchev–Trinajstić information content (AvgIpc) is 3.48. The molecule has 1 aliphatic carbocycles. The summed E-state index contributed by atoms with van der Waals surface area (Å²) in [7, 11) is 1.47. The van der Waals surface area contributed by atoms with Crippen LogP contribution in [0.15, 0.2) is 72.8 Å². The van der Waals surface area contributed by atoms with Gasteiger partial charge in [-0.2, -0.15) is 13.2 Å². The molecule has 5 rings (SSSR count). The minimum atomic E-state index is -4.44. The van der Waals surface area contributed by atoms with E-state index in [1.54, 1.807) is 12.1 Å². The van der Waals surface area contributed by atoms with Gasteiger partial charge < -0.3 is 14.2 Å². The van der Waals surface area contributed by atoms with Crippen molar-refractivity contribution in [3.8, 4) is 5.75 Å². The predicted molar refractivity (Wildman–Crippen MR) is 132 cm³/mol.